The van der Waals surface area contributed by atoms with Gasteiger partial charge in [-0.15, -0.1) is 10.2 Å². The topological polar surface area (TPSA) is 66.9 Å². The molecule has 7 heteroatoms. The highest BCUT2D eigenvalue weighted by Crippen LogP contribution is 2.28. The van der Waals surface area contributed by atoms with E-state index in [9.17, 15) is 4.79 Å². The van der Waals surface area contributed by atoms with Gasteiger partial charge in [0.1, 0.15) is 0 Å². The van der Waals surface area contributed by atoms with Gasteiger partial charge >= 0.3 is 0 Å². The van der Waals surface area contributed by atoms with Crippen molar-refractivity contribution in [3.63, 3.8) is 0 Å². The molecule has 0 aliphatic heterocycles. The van der Waals surface area contributed by atoms with Crippen LogP contribution >= 0.6 is 23.1 Å². The zero-order valence-electron chi connectivity index (χ0n) is 13.6. The van der Waals surface area contributed by atoms with Gasteiger partial charge in [-0.2, -0.15) is 0 Å². The van der Waals surface area contributed by atoms with E-state index in [-0.39, 0.29) is 5.91 Å². The van der Waals surface area contributed by atoms with Gasteiger partial charge in [-0.3, -0.25) is 4.79 Å². The summed E-state index contributed by atoms with van der Waals surface area (Å²) in [6.07, 6.45) is 12.5. The van der Waals surface area contributed by atoms with E-state index >= 15 is 0 Å². The van der Waals surface area contributed by atoms with Gasteiger partial charge in [0.05, 0.1) is 5.75 Å². The van der Waals surface area contributed by atoms with Crippen molar-refractivity contribution < 1.29 is 4.79 Å². The zero-order valence-corrected chi connectivity index (χ0v) is 15.2. The second kappa shape index (κ2) is 8.87. The van der Waals surface area contributed by atoms with E-state index in [0.29, 0.717) is 17.8 Å². The molecule has 2 aliphatic carbocycles. The molecule has 0 aromatic carbocycles. The summed E-state index contributed by atoms with van der Waals surface area (Å²) in [7, 11) is 0. The highest BCUT2D eigenvalue weighted by atomic mass is 32.2. The Labute approximate surface area is 146 Å². The average molecular weight is 355 g/mol. The van der Waals surface area contributed by atoms with Crippen molar-refractivity contribution in [3.8, 4) is 0 Å². The van der Waals surface area contributed by atoms with Gasteiger partial charge < -0.3 is 10.6 Å². The molecule has 0 saturated heterocycles. The van der Waals surface area contributed by atoms with Gasteiger partial charge in [0.2, 0.25) is 11.0 Å². The fourth-order valence-corrected chi connectivity index (χ4v) is 5.03. The number of hydrogen-bond acceptors (Lipinski definition) is 6. The average Bonchev–Trinajstić information content (AvgIpc) is 3.02. The molecule has 23 heavy (non-hydrogen) atoms. The smallest absolute Gasteiger partial charge is 0.230 e. The number of aromatic nitrogens is 2. The lowest BCUT2D eigenvalue weighted by atomic mass is 9.95. The van der Waals surface area contributed by atoms with Gasteiger partial charge in [0.15, 0.2) is 4.34 Å². The number of rotatable bonds is 6. The van der Waals surface area contributed by atoms with Crippen LogP contribution in [0.15, 0.2) is 4.34 Å². The number of anilines is 1. The summed E-state index contributed by atoms with van der Waals surface area (Å²) in [6.45, 7) is 0. The SMILES string of the molecule is O=C(CSc1nnc(NC2CCCCC2)s1)NC1CCCCC1. The molecule has 128 valence electrons. The van der Waals surface area contributed by atoms with Crippen molar-refractivity contribution in [1.82, 2.24) is 15.5 Å². The van der Waals surface area contributed by atoms with Crippen LogP contribution in [-0.2, 0) is 4.79 Å². The van der Waals surface area contributed by atoms with Crippen molar-refractivity contribution in [2.45, 2.75) is 80.6 Å². The Morgan fingerprint density at radius 3 is 2.35 bits per heavy atom. The van der Waals surface area contributed by atoms with Gasteiger partial charge in [-0.25, -0.2) is 0 Å². The molecule has 2 fully saturated rings. The van der Waals surface area contributed by atoms with Gasteiger partial charge in [0, 0.05) is 12.1 Å². The minimum atomic E-state index is 0.124. The number of carbonyl (C=O) groups is 1. The van der Waals surface area contributed by atoms with Gasteiger partial charge in [-0.05, 0) is 25.7 Å². The lowest BCUT2D eigenvalue weighted by Crippen LogP contribution is -2.37. The summed E-state index contributed by atoms with van der Waals surface area (Å²) in [5.41, 5.74) is 0. The number of nitrogens with one attached hydrogen (secondary N) is 2. The van der Waals surface area contributed by atoms with Crippen molar-refractivity contribution in [2.24, 2.45) is 0 Å². The molecule has 2 saturated carbocycles. The predicted molar refractivity (Wildman–Crippen MR) is 96.1 cm³/mol. The molecule has 2 aliphatic rings. The molecule has 1 amide bonds. The van der Waals surface area contributed by atoms with Crippen LogP contribution in [0.2, 0.25) is 0 Å². The molecule has 5 nitrogen and oxygen atoms in total. The quantitative estimate of drug-likeness (QED) is 0.760. The summed E-state index contributed by atoms with van der Waals surface area (Å²) in [5.74, 6) is 0.563. The van der Waals surface area contributed by atoms with Crippen LogP contribution in [0.3, 0.4) is 0 Å². The van der Waals surface area contributed by atoms with Crippen LogP contribution in [0.4, 0.5) is 5.13 Å². The van der Waals surface area contributed by atoms with Crippen molar-refractivity contribution >= 4 is 34.1 Å². The molecule has 0 atom stereocenters. The molecule has 3 rings (SSSR count). The molecule has 0 radical (unpaired) electrons. The van der Waals surface area contributed by atoms with Crippen LogP contribution in [0, 0.1) is 0 Å². The van der Waals surface area contributed by atoms with Crippen molar-refractivity contribution in [1.29, 1.82) is 0 Å². The van der Waals surface area contributed by atoms with Crippen molar-refractivity contribution in [3.05, 3.63) is 0 Å². The van der Waals surface area contributed by atoms with Gasteiger partial charge in [-0.1, -0.05) is 61.6 Å². The molecular formula is C16H26N4OS2. The molecule has 0 spiro atoms. The monoisotopic (exact) mass is 354 g/mol. The number of nitrogens with zero attached hydrogens (tertiary/aromatic N) is 2. The van der Waals surface area contributed by atoms with E-state index in [1.807, 2.05) is 0 Å². The Bertz CT molecular complexity index is 496. The lowest BCUT2D eigenvalue weighted by molar-refractivity contribution is -0.119. The highest BCUT2D eigenvalue weighted by Gasteiger charge is 2.17. The first-order valence-corrected chi connectivity index (χ1v) is 10.6. The largest absolute Gasteiger partial charge is 0.357 e. The summed E-state index contributed by atoms with van der Waals surface area (Å²) < 4.78 is 0.877. The Kier molecular flexibility index (Phi) is 6.56. The maximum absolute atomic E-state index is 12.0. The maximum atomic E-state index is 12.0. The molecule has 1 heterocycles. The van der Waals surface area contributed by atoms with E-state index in [1.165, 1.54) is 63.1 Å². The second-order valence-electron chi connectivity index (χ2n) is 6.54. The Morgan fingerprint density at radius 1 is 1.00 bits per heavy atom. The molecular weight excluding hydrogens is 328 g/mol. The Morgan fingerprint density at radius 2 is 1.65 bits per heavy atom. The summed E-state index contributed by atoms with van der Waals surface area (Å²) in [5, 5.41) is 15.9. The fraction of sp³-hybridized carbons (Fsp3) is 0.812. The number of hydrogen-bond donors (Lipinski definition) is 2. The fourth-order valence-electron chi connectivity index (χ4n) is 3.39. The molecule has 1 aromatic heterocycles. The van der Waals surface area contributed by atoms with Crippen LogP contribution in [0.5, 0.6) is 0 Å². The Hall–Kier alpha value is -0.820. The third-order valence-corrected chi connectivity index (χ3v) is 6.62. The number of carbonyl (C=O) groups excluding carboxylic acids is 1. The maximum Gasteiger partial charge on any atom is 0.230 e. The predicted octanol–water partition coefficient (Wildman–Crippen LogP) is 3.82. The van der Waals surface area contributed by atoms with E-state index in [0.717, 1.165) is 22.3 Å². The molecule has 2 N–H and O–H groups in total. The summed E-state index contributed by atoms with van der Waals surface area (Å²) >= 11 is 3.06. The van der Waals surface area contributed by atoms with Gasteiger partial charge in [0.25, 0.3) is 0 Å². The van der Waals surface area contributed by atoms with Crippen LogP contribution in [0.25, 0.3) is 0 Å². The first kappa shape index (κ1) is 17.0. The highest BCUT2D eigenvalue weighted by molar-refractivity contribution is 8.01. The third kappa shape index (κ3) is 5.64. The standard InChI is InChI=1S/C16H26N4OS2/c21-14(17-12-7-3-1-4-8-12)11-22-16-20-19-15(23-16)18-13-9-5-2-6-10-13/h12-13H,1-11H2,(H,17,21)(H,18,19). The summed E-state index contributed by atoms with van der Waals surface area (Å²) in [4.78, 5) is 12.0. The molecule has 1 aromatic rings. The zero-order chi connectivity index (χ0) is 15.9. The first-order valence-electron chi connectivity index (χ1n) is 8.82. The lowest BCUT2D eigenvalue weighted by Gasteiger charge is -2.22. The number of thioether (sulfide) groups is 1. The minimum absolute atomic E-state index is 0.124. The van der Waals surface area contributed by atoms with E-state index in [1.54, 1.807) is 11.3 Å². The van der Waals surface area contributed by atoms with E-state index < -0.39 is 0 Å². The Balaban J connectivity index is 1.38. The van der Waals surface area contributed by atoms with E-state index in [4.69, 9.17) is 0 Å². The first-order chi connectivity index (χ1) is 11.3. The molecule has 0 unspecified atom stereocenters. The van der Waals surface area contributed by atoms with Crippen LogP contribution < -0.4 is 10.6 Å². The van der Waals surface area contributed by atoms with Crippen LogP contribution in [-0.4, -0.2) is 33.9 Å². The normalized spacial score (nSPS) is 20.3. The third-order valence-electron chi connectivity index (χ3n) is 4.64. The molecule has 0 bridgehead atoms. The minimum Gasteiger partial charge on any atom is -0.357 e. The van der Waals surface area contributed by atoms with Crippen molar-refractivity contribution in [2.75, 3.05) is 11.1 Å². The summed E-state index contributed by atoms with van der Waals surface area (Å²) in [6, 6.07) is 0.930. The van der Waals surface area contributed by atoms with E-state index in [2.05, 4.69) is 20.8 Å². The number of amides is 1. The second-order valence-corrected chi connectivity index (χ2v) is 8.74. The van der Waals surface area contributed by atoms with Crippen LogP contribution in [0.1, 0.15) is 64.2 Å².